The number of hydrogen-bond acceptors (Lipinski definition) is 3. The molecule has 0 bridgehead atoms. The zero-order valence-electron chi connectivity index (χ0n) is 15.3. The number of hydrogen-bond donors (Lipinski definition) is 0. The number of benzene rings is 2. The molecule has 0 aliphatic carbocycles. The van der Waals surface area contributed by atoms with Crippen molar-refractivity contribution in [2.24, 2.45) is 7.05 Å². The van der Waals surface area contributed by atoms with Crippen molar-refractivity contribution in [2.45, 2.75) is 13.8 Å². The first-order valence-corrected chi connectivity index (χ1v) is 9.14. The Morgan fingerprint density at radius 1 is 1.08 bits per heavy atom. The van der Waals surface area contributed by atoms with Crippen LogP contribution in [0.4, 0.5) is 5.69 Å². The van der Waals surface area contributed by atoms with Crippen molar-refractivity contribution < 1.29 is 21.7 Å². The van der Waals surface area contributed by atoms with Crippen LogP contribution in [0.25, 0.3) is 16.3 Å². The predicted octanol–water partition coefficient (Wildman–Crippen LogP) is 1.73. The third-order valence-electron chi connectivity index (χ3n) is 4.52. The minimum Gasteiger partial charge on any atom is -1.00 e. The molecule has 0 saturated carbocycles. The van der Waals surface area contributed by atoms with Crippen LogP contribution in [0.3, 0.4) is 0 Å². The molecule has 0 radical (unpaired) electrons. The predicted molar refractivity (Wildman–Crippen MR) is 105 cm³/mol. The fourth-order valence-corrected chi connectivity index (χ4v) is 4.10. The summed E-state index contributed by atoms with van der Waals surface area (Å²) in [5, 5.41) is 1.21. The summed E-state index contributed by atoms with van der Waals surface area (Å²) in [5.41, 5.74) is 4.91. The molecular formula is C21H21ClN2OS. The van der Waals surface area contributed by atoms with E-state index in [0.717, 1.165) is 17.3 Å². The average Bonchev–Trinajstić information content (AvgIpc) is 3.06. The second kappa shape index (κ2) is 7.14. The van der Waals surface area contributed by atoms with Crippen LogP contribution in [-0.4, -0.2) is 7.05 Å². The molecule has 4 rings (SSSR count). The van der Waals surface area contributed by atoms with Gasteiger partial charge in [-0.2, -0.15) is 4.57 Å². The summed E-state index contributed by atoms with van der Waals surface area (Å²) in [6, 6.07) is 12.8. The van der Waals surface area contributed by atoms with Crippen molar-refractivity contribution in [3.63, 3.8) is 0 Å². The number of allylic oxidation sites excluding steroid dienone is 2. The third-order valence-corrected chi connectivity index (χ3v) is 5.70. The molecule has 1 aliphatic heterocycles. The fraction of sp³-hybridized carbons (Fsp3) is 0.190. The molecule has 2 heterocycles. The molecule has 0 amide bonds. The molecule has 3 nitrogen and oxygen atoms in total. The summed E-state index contributed by atoms with van der Waals surface area (Å²) in [5.74, 6) is 1.76. The molecule has 0 atom stereocenters. The molecule has 2 aromatic carbocycles. The number of aryl methyl sites for hydroxylation is 3. The van der Waals surface area contributed by atoms with Gasteiger partial charge in [0.05, 0.1) is 5.69 Å². The summed E-state index contributed by atoms with van der Waals surface area (Å²) >= 11 is 1.80. The van der Waals surface area contributed by atoms with E-state index in [0.29, 0.717) is 0 Å². The Hall–Kier alpha value is -2.30. The van der Waals surface area contributed by atoms with Gasteiger partial charge in [-0.25, -0.2) is 0 Å². The summed E-state index contributed by atoms with van der Waals surface area (Å²) in [7, 11) is 4.15. The second-order valence-corrected chi connectivity index (χ2v) is 7.53. The Balaban J connectivity index is 0.00000196. The van der Waals surface area contributed by atoms with E-state index in [1.807, 2.05) is 19.2 Å². The van der Waals surface area contributed by atoms with E-state index >= 15 is 0 Å². The minimum atomic E-state index is 0. The molecule has 3 aromatic rings. The lowest BCUT2D eigenvalue weighted by molar-refractivity contribution is -0.642. The molecule has 5 heteroatoms. The normalized spacial score (nSPS) is 14.8. The molecule has 0 N–H and O–H groups in total. The summed E-state index contributed by atoms with van der Waals surface area (Å²) in [6.07, 6.45) is 6.21. The van der Waals surface area contributed by atoms with Crippen LogP contribution in [0.5, 0.6) is 5.75 Å². The molecular weight excluding hydrogens is 364 g/mol. The number of aromatic nitrogens is 1. The van der Waals surface area contributed by atoms with Crippen molar-refractivity contribution in [3.8, 4) is 5.75 Å². The van der Waals surface area contributed by atoms with Crippen LogP contribution in [0.15, 0.2) is 54.4 Å². The van der Waals surface area contributed by atoms with Crippen molar-refractivity contribution in [2.75, 3.05) is 11.9 Å². The van der Waals surface area contributed by atoms with E-state index in [4.69, 9.17) is 4.74 Å². The van der Waals surface area contributed by atoms with E-state index in [2.05, 4.69) is 72.8 Å². The monoisotopic (exact) mass is 384 g/mol. The van der Waals surface area contributed by atoms with Crippen LogP contribution in [0.1, 0.15) is 16.1 Å². The second-order valence-electron chi connectivity index (χ2n) is 6.47. The van der Waals surface area contributed by atoms with Gasteiger partial charge in [0.15, 0.2) is 11.6 Å². The highest BCUT2D eigenvalue weighted by atomic mass is 35.5. The van der Waals surface area contributed by atoms with E-state index in [-0.39, 0.29) is 12.4 Å². The Labute approximate surface area is 164 Å². The lowest BCUT2D eigenvalue weighted by Crippen LogP contribution is -3.00. The maximum absolute atomic E-state index is 5.95. The van der Waals surface area contributed by atoms with Crippen molar-refractivity contribution in [3.05, 3.63) is 70.6 Å². The molecule has 1 aliphatic rings. The highest BCUT2D eigenvalue weighted by Crippen LogP contribution is 2.38. The topological polar surface area (TPSA) is 16.4 Å². The number of ether oxygens (including phenoxy) is 1. The highest BCUT2D eigenvalue weighted by Gasteiger charge is 2.22. The van der Waals surface area contributed by atoms with Gasteiger partial charge in [0.25, 0.3) is 5.01 Å². The lowest BCUT2D eigenvalue weighted by Gasteiger charge is -2.10. The van der Waals surface area contributed by atoms with Crippen LogP contribution in [-0.2, 0) is 7.05 Å². The fourth-order valence-electron chi connectivity index (χ4n) is 3.06. The van der Waals surface area contributed by atoms with Gasteiger partial charge < -0.3 is 22.0 Å². The lowest BCUT2D eigenvalue weighted by atomic mass is 10.2. The quantitative estimate of drug-likeness (QED) is 0.626. The van der Waals surface area contributed by atoms with Crippen molar-refractivity contribution in [1.82, 2.24) is 0 Å². The van der Waals surface area contributed by atoms with Crippen LogP contribution in [0.2, 0.25) is 0 Å². The van der Waals surface area contributed by atoms with Gasteiger partial charge in [-0.05, 0) is 55.3 Å². The summed E-state index contributed by atoms with van der Waals surface area (Å²) in [4.78, 5) is 2.08. The third kappa shape index (κ3) is 3.22. The number of nitrogens with zero attached hydrogens (tertiary/aromatic N) is 2. The number of rotatable bonds is 2. The first-order chi connectivity index (χ1) is 12.0. The standard InChI is InChI=1S/C21H21N2OS.ClH/c1-14-8-10-18-16(12-14)22(3)20(24-18)6-5-7-21-23(4)17-13-15(2)9-11-19(17)25-21;/h5-13H,1-4H3;1H/q+1;/p-1. The van der Waals surface area contributed by atoms with E-state index in [1.54, 1.807) is 11.3 Å². The van der Waals surface area contributed by atoms with Crippen LogP contribution >= 0.6 is 11.3 Å². The van der Waals surface area contributed by atoms with Gasteiger partial charge in [-0.1, -0.05) is 23.5 Å². The molecule has 0 spiro atoms. The number of anilines is 1. The molecule has 134 valence electrons. The maximum atomic E-state index is 5.95. The Morgan fingerprint density at radius 3 is 2.62 bits per heavy atom. The molecule has 0 saturated heterocycles. The van der Waals surface area contributed by atoms with Gasteiger partial charge in [-0.3, -0.25) is 0 Å². The molecule has 0 unspecified atom stereocenters. The smallest absolute Gasteiger partial charge is 0.262 e. The number of thiazole rings is 1. The first-order valence-electron chi connectivity index (χ1n) is 8.33. The number of fused-ring (bicyclic) bond motifs is 2. The van der Waals surface area contributed by atoms with Crippen LogP contribution < -0.4 is 26.6 Å². The Bertz CT molecular complexity index is 1040. The SMILES string of the molecule is Cc1ccc2c(c1)N(C)/C(=C/C=C/c1sc3ccc(C)cc3[n+]1C)O2.[Cl-]. The largest absolute Gasteiger partial charge is 1.00 e. The van der Waals surface area contributed by atoms with E-state index in [9.17, 15) is 0 Å². The minimum absolute atomic E-state index is 0. The van der Waals surface area contributed by atoms with Crippen LogP contribution in [0, 0.1) is 13.8 Å². The van der Waals surface area contributed by atoms with Crippen molar-refractivity contribution in [1.29, 1.82) is 0 Å². The average molecular weight is 385 g/mol. The molecule has 0 fully saturated rings. The molecule has 1 aromatic heterocycles. The summed E-state index contributed by atoms with van der Waals surface area (Å²) < 4.78 is 9.49. The Kier molecular flexibility index (Phi) is 5.08. The van der Waals surface area contributed by atoms with Gasteiger partial charge in [-0.15, -0.1) is 0 Å². The van der Waals surface area contributed by atoms with Crippen molar-refractivity contribution >= 4 is 33.3 Å². The zero-order chi connectivity index (χ0) is 17.6. The van der Waals surface area contributed by atoms with Gasteiger partial charge in [0.2, 0.25) is 5.52 Å². The first kappa shape index (κ1) is 18.5. The van der Waals surface area contributed by atoms with Gasteiger partial charge >= 0.3 is 0 Å². The van der Waals surface area contributed by atoms with E-state index < -0.39 is 0 Å². The Morgan fingerprint density at radius 2 is 1.81 bits per heavy atom. The van der Waals surface area contributed by atoms with E-state index in [1.165, 1.54) is 26.4 Å². The zero-order valence-corrected chi connectivity index (χ0v) is 16.9. The molecule has 26 heavy (non-hydrogen) atoms. The maximum Gasteiger partial charge on any atom is 0.262 e. The van der Waals surface area contributed by atoms with Gasteiger partial charge in [0, 0.05) is 19.2 Å². The summed E-state index contributed by atoms with van der Waals surface area (Å²) in [6.45, 7) is 4.22. The number of halogens is 1. The highest BCUT2D eigenvalue weighted by molar-refractivity contribution is 7.18. The van der Waals surface area contributed by atoms with Gasteiger partial charge in [0.1, 0.15) is 11.7 Å².